The van der Waals surface area contributed by atoms with E-state index < -0.39 is 0 Å². The van der Waals surface area contributed by atoms with Crippen LogP contribution in [0.3, 0.4) is 0 Å². The fraction of sp³-hybridized carbons (Fsp3) is 0.312. The molecule has 2 aromatic rings. The predicted octanol–water partition coefficient (Wildman–Crippen LogP) is 3.12. The van der Waals surface area contributed by atoms with Gasteiger partial charge in [-0.15, -0.1) is 0 Å². The Hall–Kier alpha value is -2.63. The summed E-state index contributed by atoms with van der Waals surface area (Å²) in [5.74, 6) is 1.91. The van der Waals surface area contributed by atoms with Crippen molar-refractivity contribution in [3.8, 4) is 11.5 Å². The lowest BCUT2D eigenvalue weighted by Gasteiger charge is -2.12. The number of ether oxygens (including phenoxy) is 2. The Balaban J connectivity index is 1.59. The third-order valence-corrected chi connectivity index (χ3v) is 3.04. The summed E-state index contributed by atoms with van der Waals surface area (Å²) in [5.41, 5.74) is 1.03. The van der Waals surface area contributed by atoms with E-state index in [0.29, 0.717) is 18.1 Å². The maximum atomic E-state index is 5.62. The second kappa shape index (κ2) is 6.43. The van der Waals surface area contributed by atoms with Gasteiger partial charge in [-0.25, -0.2) is 9.97 Å². The fourth-order valence-electron chi connectivity index (χ4n) is 2.10. The van der Waals surface area contributed by atoms with E-state index in [2.05, 4.69) is 15.1 Å². The Morgan fingerprint density at radius 1 is 1.09 bits per heavy atom. The lowest BCUT2D eigenvalue weighted by atomic mass is 10.1. The highest BCUT2D eigenvalue weighted by molar-refractivity contribution is 5.79. The van der Waals surface area contributed by atoms with Crippen molar-refractivity contribution >= 4 is 5.90 Å². The number of hydrogen-bond acceptors (Lipinski definition) is 6. The van der Waals surface area contributed by atoms with Crippen LogP contribution in [0.1, 0.15) is 31.9 Å². The molecule has 1 aromatic carbocycles. The second-order valence-corrected chi connectivity index (χ2v) is 5.20. The first-order chi connectivity index (χ1) is 10.7. The zero-order chi connectivity index (χ0) is 15.4. The maximum absolute atomic E-state index is 5.62. The van der Waals surface area contributed by atoms with Crippen LogP contribution in [0, 0.1) is 0 Å². The van der Waals surface area contributed by atoms with E-state index in [4.69, 9.17) is 14.3 Å². The van der Waals surface area contributed by atoms with Crippen LogP contribution in [-0.2, 0) is 4.84 Å². The number of rotatable bonds is 4. The Morgan fingerprint density at radius 2 is 1.82 bits per heavy atom. The van der Waals surface area contributed by atoms with Crippen molar-refractivity contribution in [2.45, 2.75) is 32.5 Å². The molecular weight excluding hydrogens is 282 g/mol. The van der Waals surface area contributed by atoms with Gasteiger partial charge in [0.1, 0.15) is 12.1 Å². The van der Waals surface area contributed by atoms with Crippen molar-refractivity contribution in [2.75, 3.05) is 0 Å². The minimum absolute atomic E-state index is 0.146. The van der Waals surface area contributed by atoms with Crippen molar-refractivity contribution in [3.05, 3.63) is 48.5 Å². The van der Waals surface area contributed by atoms with Crippen LogP contribution in [0.15, 0.2) is 48.1 Å². The zero-order valence-corrected chi connectivity index (χ0v) is 12.5. The molecule has 0 amide bonds. The average molecular weight is 299 g/mol. The van der Waals surface area contributed by atoms with Crippen LogP contribution in [0.5, 0.6) is 11.5 Å². The average Bonchev–Trinajstić information content (AvgIpc) is 2.97. The van der Waals surface area contributed by atoms with Crippen LogP contribution >= 0.6 is 0 Å². The minimum atomic E-state index is -0.146. The molecule has 0 saturated carbocycles. The molecule has 0 unspecified atom stereocenters. The zero-order valence-electron chi connectivity index (χ0n) is 12.5. The monoisotopic (exact) mass is 299 g/mol. The molecule has 0 fully saturated rings. The lowest BCUT2D eigenvalue weighted by Crippen LogP contribution is -2.08. The molecule has 1 atom stereocenters. The smallest absolute Gasteiger partial charge is 0.235 e. The van der Waals surface area contributed by atoms with E-state index in [0.717, 1.165) is 11.3 Å². The first kappa shape index (κ1) is 14.3. The molecular formula is C16H17N3O3. The third-order valence-electron chi connectivity index (χ3n) is 3.04. The van der Waals surface area contributed by atoms with Gasteiger partial charge in [0.2, 0.25) is 5.90 Å². The van der Waals surface area contributed by atoms with Gasteiger partial charge in [0.05, 0.1) is 24.9 Å². The van der Waals surface area contributed by atoms with E-state index in [9.17, 15) is 0 Å². The molecule has 0 aliphatic carbocycles. The predicted molar refractivity (Wildman–Crippen MR) is 80.7 cm³/mol. The first-order valence-electron chi connectivity index (χ1n) is 7.13. The Kier molecular flexibility index (Phi) is 4.18. The van der Waals surface area contributed by atoms with Gasteiger partial charge in [0.25, 0.3) is 0 Å². The molecule has 0 radical (unpaired) electrons. The number of aromatic nitrogens is 2. The van der Waals surface area contributed by atoms with Gasteiger partial charge in [0.15, 0.2) is 11.9 Å². The summed E-state index contributed by atoms with van der Waals surface area (Å²) in [6.07, 6.45) is 5.20. The highest BCUT2D eigenvalue weighted by Gasteiger charge is 2.24. The number of hydrogen-bond donors (Lipinski definition) is 0. The van der Waals surface area contributed by atoms with Crippen molar-refractivity contribution < 1.29 is 14.3 Å². The van der Waals surface area contributed by atoms with Crippen LogP contribution in [0.4, 0.5) is 0 Å². The molecule has 0 saturated heterocycles. The van der Waals surface area contributed by atoms with Crippen LogP contribution in [0.25, 0.3) is 0 Å². The van der Waals surface area contributed by atoms with E-state index in [1.165, 1.54) is 6.33 Å². The van der Waals surface area contributed by atoms with Crippen molar-refractivity contribution in [2.24, 2.45) is 5.16 Å². The summed E-state index contributed by atoms with van der Waals surface area (Å²) in [4.78, 5) is 13.2. The largest absolute Gasteiger partial charge is 0.491 e. The van der Waals surface area contributed by atoms with Gasteiger partial charge in [0, 0.05) is 0 Å². The highest BCUT2D eigenvalue weighted by Crippen LogP contribution is 2.29. The molecule has 6 heteroatoms. The Labute approximate surface area is 128 Å². The van der Waals surface area contributed by atoms with E-state index in [1.54, 1.807) is 12.4 Å². The van der Waals surface area contributed by atoms with Gasteiger partial charge in [-0.05, 0) is 31.5 Å². The van der Waals surface area contributed by atoms with Crippen LogP contribution in [-0.4, -0.2) is 22.0 Å². The summed E-state index contributed by atoms with van der Waals surface area (Å²) in [5, 5.41) is 3.97. The molecule has 1 aliphatic rings. The molecule has 6 nitrogen and oxygen atoms in total. The molecule has 2 heterocycles. The highest BCUT2D eigenvalue weighted by atomic mass is 16.7. The molecule has 1 aliphatic heterocycles. The topological polar surface area (TPSA) is 65.8 Å². The fourth-order valence-corrected chi connectivity index (χ4v) is 2.10. The first-order valence-corrected chi connectivity index (χ1v) is 7.13. The van der Waals surface area contributed by atoms with E-state index in [-0.39, 0.29) is 12.2 Å². The third kappa shape index (κ3) is 3.52. The van der Waals surface area contributed by atoms with Crippen molar-refractivity contribution in [1.29, 1.82) is 0 Å². The summed E-state index contributed by atoms with van der Waals surface area (Å²) in [6, 6.07) is 7.82. The minimum Gasteiger partial charge on any atom is -0.491 e. The van der Waals surface area contributed by atoms with Gasteiger partial charge in [-0.3, -0.25) is 0 Å². The Morgan fingerprint density at radius 3 is 2.50 bits per heavy atom. The molecule has 0 N–H and O–H groups in total. The summed E-state index contributed by atoms with van der Waals surface area (Å²) < 4.78 is 11.2. The standard InChI is InChI=1S/C16H17N3O3/c1-11(2)20-13-5-3-12(4-6-13)15-7-16(19-22-15)21-14-8-17-10-18-9-14/h3-6,8-11,15H,7H2,1-2H3/t15-/m0/s1. The quantitative estimate of drug-likeness (QED) is 0.867. The SMILES string of the molecule is CC(C)Oc1ccc([C@@H]2CC(Oc3cncnc3)=NO2)cc1. The summed E-state index contributed by atoms with van der Waals surface area (Å²) in [6.45, 7) is 4.00. The Bertz CT molecular complexity index is 641. The molecule has 1 aromatic heterocycles. The van der Waals surface area contributed by atoms with Gasteiger partial charge >= 0.3 is 0 Å². The van der Waals surface area contributed by atoms with Crippen LogP contribution < -0.4 is 9.47 Å². The number of nitrogens with zero attached hydrogens (tertiary/aromatic N) is 3. The molecule has 0 bridgehead atoms. The summed E-state index contributed by atoms with van der Waals surface area (Å²) >= 11 is 0. The van der Waals surface area contributed by atoms with Gasteiger partial charge in [-0.1, -0.05) is 17.3 Å². The number of oxime groups is 1. The molecule has 114 valence electrons. The van der Waals surface area contributed by atoms with E-state index >= 15 is 0 Å². The van der Waals surface area contributed by atoms with E-state index in [1.807, 2.05) is 38.1 Å². The maximum Gasteiger partial charge on any atom is 0.235 e. The molecule has 3 rings (SSSR count). The summed E-state index contributed by atoms with van der Waals surface area (Å²) in [7, 11) is 0. The second-order valence-electron chi connectivity index (χ2n) is 5.20. The van der Waals surface area contributed by atoms with Crippen LogP contribution in [0.2, 0.25) is 0 Å². The lowest BCUT2D eigenvalue weighted by molar-refractivity contribution is 0.0854. The molecule has 22 heavy (non-hydrogen) atoms. The van der Waals surface area contributed by atoms with Gasteiger partial charge < -0.3 is 14.3 Å². The van der Waals surface area contributed by atoms with Crippen molar-refractivity contribution in [3.63, 3.8) is 0 Å². The molecule has 0 spiro atoms. The number of benzene rings is 1. The van der Waals surface area contributed by atoms with Gasteiger partial charge in [-0.2, -0.15) is 0 Å². The normalized spacial score (nSPS) is 17.0. The van der Waals surface area contributed by atoms with Crippen molar-refractivity contribution in [1.82, 2.24) is 9.97 Å².